The van der Waals surface area contributed by atoms with Gasteiger partial charge in [-0.15, -0.1) is 0 Å². The van der Waals surface area contributed by atoms with Crippen LogP contribution in [0.5, 0.6) is 0 Å². The number of anilines is 1. The third kappa shape index (κ3) is 2.71. The van der Waals surface area contributed by atoms with Crippen molar-refractivity contribution in [2.45, 2.75) is 6.54 Å². The first-order valence-electron chi connectivity index (χ1n) is 6.47. The maximum atomic E-state index is 11.2. The summed E-state index contributed by atoms with van der Waals surface area (Å²) in [6.07, 6.45) is 1.90. The second kappa shape index (κ2) is 5.50. The van der Waals surface area contributed by atoms with Crippen LogP contribution in [0.15, 0.2) is 48.7 Å². The number of halogens is 1. The maximum absolute atomic E-state index is 11.2. The minimum Gasteiger partial charge on any atom is -0.478 e. The lowest BCUT2D eigenvalue weighted by atomic mass is 10.1. The number of aromatic carboxylic acids is 1. The van der Waals surface area contributed by atoms with Crippen molar-refractivity contribution in [3.05, 3.63) is 64.8 Å². The minimum atomic E-state index is -0.941. The summed E-state index contributed by atoms with van der Waals surface area (Å²) < 4.78 is 0. The van der Waals surface area contributed by atoms with Crippen LogP contribution in [0.3, 0.4) is 0 Å². The Morgan fingerprint density at radius 1 is 1.24 bits per heavy atom. The van der Waals surface area contributed by atoms with E-state index in [-0.39, 0.29) is 5.56 Å². The third-order valence-corrected chi connectivity index (χ3v) is 3.59. The molecule has 4 nitrogen and oxygen atoms in total. The lowest BCUT2D eigenvalue weighted by molar-refractivity contribution is 0.0698. The topological polar surface area (TPSA) is 65.1 Å². The maximum Gasteiger partial charge on any atom is 0.337 e. The molecule has 1 aromatic heterocycles. The normalized spacial score (nSPS) is 10.7. The molecule has 5 heteroatoms. The summed E-state index contributed by atoms with van der Waals surface area (Å²) in [4.78, 5) is 14.3. The largest absolute Gasteiger partial charge is 0.478 e. The molecule has 0 aliphatic carbocycles. The number of nitrogens with one attached hydrogen (secondary N) is 2. The summed E-state index contributed by atoms with van der Waals surface area (Å²) >= 11 is 5.96. The number of H-pyrrole nitrogens is 1. The Labute approximate surface area is 126 Å². The Morgan fingerprint density at radius 3 is 2.86 bits per heavy atom. The van der Waals surface area contributed by atoms with E-state index in [4.69, 9.17) is 16.7 Å². The monoisotopic (exact) mass is 300 g/mol. The average Bonchev–Trinajstić information content (AvgIpc) is 2.87. The van der Waals surface area contributed by atoms with Gasteiger partial charge in [0.05, 0.1) is 5.56 Å². The molecule has 0 unspecified atom stereocenters. The van der Waals surface area contributed by atoms with E-state index in [2.05, 4.69) is 10.3 Å². The molecular formula is C16H13ClN2O2. The number of hydrogen-bond acceptors (Lipinski definition) is 2. The molecule has 0 bridgehead atoms. The second-order valence-electron chi connectivity index (χ2n) is 4.71. The van der Waals surface area contributed by atoms with Gasteiger partial charge in [0, 0.05) is 34.4 Å². The van der Waals surface area contributed by atoms with Crippen molar-refractivity contribution >= 4 is 34.2 Å². The van der Waals surface area contributed by atoms with Gasteiger partial charge in [0.25, 0.3) is 0 Å². The molecule has 3 N–H and O–H groups in total. The Hall–Kier alpha value is -2.46. The van der Waals surface area contributed by atoms with Gasteiger partial charge >= 0.3 is 5.97 Å². The number of rotatable bonds is 4. The van der Waals surface area contributed by atoms with Crippen molar-refractivity contribution < 1.29 is 9.90 Å². The molecule has 0 spiro atoms. The summed E-state index contributed by atoms with van der Waals surface area (Å²) in [5.74, 6) is -0.941. The molecule has 0 atom stereocenters. The van der Waals surface area contributed by atoms with Gasteiger partial charge in [-0.1, -0.05) is 29.8 Å². The summed E-state index contributed by atoms with van der Waals surface area (Å²) in [5.41, 5.74) is 2.89. The first-order chi connectivity index (χ1) is 10.1. The Kier molecular flexibility index (Phi) is 3.54. The molecule has 0 radical (unpaired) electrons. The van der Waals surface area contributed by atoms with Gasteiger partial charge in [-0.25, -0.2) is 4.79 Å². The molecule has 0 saturated heterocycles. The fourth-order valence-corrected chi connectivity index (χ4v) is 2.49. The molecule has 0 amide bonds. The number of aromatic nitrogens is 1. The number of benzene rings is 2. The molecule has 21 heavy (non-hydrogen) atoms. The van der Waals surface area contributed by atoms with Crippen molar-refractivity contribution in [3.63, 3.8) is 0 Å². The van der Waals surface area contributed by atoms with Crippen LogP contribution >= 0.6 is 11.6 Å². The zero-order valence-electron chi connectivity index (χ0n) is 11.1. The predicted octanol–water partition coefficient (Wildman–Crippen LogP) is 4.13. The van der Waals surface area contributed by atoms with E-state index >= 15 is 0 Å². The standard InChI is InChI=1S/C16H13ClN2O2/c17-11-5-6-12-10(9-19-15(12)7-11)8-18-14-4-2-1-3-13(14)16(20)21/h1-7,9,18-19H,8H2,(H,20,21). The minimum absolute atomic E-state index is 0.264. The van der Waals surface area contributed by atoms with Crippen molar-refractivity contribution in [3.8, 4) is 0 Å². The van der Waals surface area contributed by atoms with Gasteiger partial charge in [-0.3, -0.25) is 0 Å². The van der Waals surface area contributed by atoms with E-state index in [1.54, 1.807) is 18.2 Å². The van der Waals surface area contributed by atoms with Crippen LogP contribution in [0.2, 0.25) is 5.02 Å². The molecule has 3 aromatic rings. The van der Waals surface area contributed by atoms with E-state index < -0.39 is 5.97 Å². The number of carbonyl (C=O) groups is 1. The van der Waals surface area contributed by atoms with E-state index in [1.165, 1.54) is 0 Å². The molecule has 2 aromatic carbocycles. The van der Waals surface area contributed by atoms with Crippen LogP contribution in [0, 0.1) is 0 Å². The van der Waals surface area contributed by atoms with Gasteiger partial charge < -0.3 is 15.4 Å². The molecular weight excluding hydrogens is 288 g/mol. The van der Waals surface area contributed by atoms with Crippen LogP contribution in [-0.4, -0.2) is 16.1 Å². The van der Waals surface area contributed by atoms with Crippen molar-refractivity contribution in [2.75, 3.05) is 5.32 Å². The Balaban J connectivity index is 1.86. The van der Waals surface area contributed by atoms with Crippen molar-refractivity contribution in [1.82, 2.24) is 4.98 Å². The fraction of sp³-hybridized carbons (Fsp3) is 0.0625. The summed E-state index contributed by atoms with van der Waals surface area (Å²) in [6.45, 7) is 0.534. The molecule has 0 fully saturated rings. The third-order valence-electron chi connectivity index (χ3n) is 3.36. The molecule has 0 aliphatic heterocycles. The first kappa shape index (κ1) is 13.5. The smallest absolute Gasteiger partial charge is 0.337 e. The number of fused-ring (bicyclic) bond motifs is 1. The highest BCUT2D eigenvalue weighted by Crippen LogP contribution is 2.23. The number of hydrogen-bond donors (Lipinski definition) is 3. The van der Waals surface area contributed by atoms with E-state index in [1.807, 2.05) is 30.5 Å². The van der Waals surface area contributed by atoms with Crippen LogP contribution in [0.4, 0.5) is 5.69 Å². The summed E-state index contributed by atoms with van der Waals surface area (Å²) in [5, 5.41) is 14.1. The highest BCUT2D eigenvalue weighted by atomic mass is 35.5. The lowest BCUT2D eigenvalue weighted by Gasteiger charge is -2.08. The SMILES string of the molecule is O=C(O)c1ccccc1NCc1c[nH]c2cc(Cl)ccc12. The van der Waals surface area contributed by atoms with Gasteiger partial charge in [-0.05, 0) is 29.8 Å². The zero-order chi connectivity index (χ0) is 14.8. The predicted molar refractivity (Wildman–Crippen MR) is 84.0 cm³/mol. The average molecular weight is 301 g/mol. The van der Waals surface area contributed by atoms with Gasteiger partial charge in [0.2, 0.25) is 0 Å². The fourth-order valence-electron chi connectivity index (χ4n) is 2.32. The molecule has 106 valence electrons. The van der Waals surface area contributed by atoms with Gasteiger partial charge in [0.1, 0.15) is 0 Å². The molecule has 0 aliphatic rings. The molecule has 0 saturated carbocycles. The summed E-state index contributed by atoms with van der Waals surface area (Å²) in [6, 6.07) is 12.5. The molecule has 1 heterocycles. The Bertz CT molecular complexity index is 811. The quantitative estimate of drug-likeness (QED) is 0.678. The summed E-state index contributed by atoms with van der Waals surface area (Å²) in [7, 11) is 0. The Morgan fingerprint density at radius 2 is 2.05 bits per heavy atom. The van der Waals surface area contributed by atoms with Crippen LogP contribution in [-0.2, 0) is 6.54 Å². The first-order valence-corrected chi connectivity index (χ1v) is 6.84. The van der Waals surface area contributed by atoms with E-state index in [0.29, 0.717) is 17.3 Å². The van der Waals surface area contributed by atoms with Crippen LogP contribution < -0.4 is 5.32 Å². The highest BCUT2D eigenvalue weighted by molar-refractivity contribution is 6.31. The number of carboxylic acids is 1. The highest BCUT2D eigenvalue weighted by Gasteiger charge is 2.09. The van der Waals surface area contributed by atoms with Crippen molar-refractivity contribution in [1.29, 1.82) is 0 Å². The number of para-hydroxylation sites is 1. The van der Waals surface area contributed by atoms with Crippen LogP contribution in [0.25, 0.3) is 10.9 Å². The van der Waals surface area contributed by atoms with E-state index in [9.17, 15) is 4.79 Å². The van der Waals surface area contributed by atoms with Gasteiger partial charge in [-0.2, -0.15) is 0 Å². The zero-order valence-corrected chi connectivity index (χ0v) is 11.8. The van der Waals surface area contributed by atoms with E-state index in [0.717, 1.165) is 16.5 Å². The van der Waals surface area contributed by atoms with Gasteiger partial charge in [0.15, 0.2) is 0 Å². The van der Waals surface area contributed by atoms with Crippen molar-refractivity contribution in [2.24, 2.45) is 0 Å². The second-order valence-corrected chi connectivity index (χ2v) is 5.14. The molecule has 3 rings (SSSR count). The van der Waals surface area contributed by atoms with Crippen LogP contribution in [0.1, 0.15) is 15.9 Å². The lowest BCUT2D eigenvalue weighted by Crippen LogP contribution is -2.05. The number of aromatic amines is 1. The number of carboxylic acid groups (broad SMARTS) is 1.